The highest BCUT2D eigenvalue weighted by atomic mass is 32.1. The number of hydrogen-bond donors (Lipinski definition) is 2. The first-order valence-electron chi connectivity index (χ1n) is 6.60. The van der Waals surface area contributed by atoms with Crippen molar-refractivity contribution in [1.82, 2.24) is 10.3 Å². The van der Waals surface area contributed by atoms with Crippen LogP contribution in [-0.2, 0) is 11.3 Å². The predicted octanol–water partition coefficient (Wildman–Crippen LogP) is 1.98. The summed E-state index contributed by atoms with van der Waals surface area (Å²) in [6.07, 6.45) is 5.36. The molecule has 0 aromatic carbocycles. The summed E-state index contributed by atoms with van der Waals surface area (Å²) in [7, 11) is 0. The molecule has 1 saturated carbocycles. The van der Waals surface area contributed by atoms with Crippen molar-refractivity contribution in [1.29, 1.82) is 0 Å². The Balaban J connectivity index is 1.88. The van der Waals surface area contributed by atoms with Crippen LogP contribution in [0.5, 0.6) is 0 Å². The summed E-state index contributed by atoms with van der Waals surface area (Å²) in [6.45, 7) is 2.55. The van der Waals surface area contributed by atoms with Gasteiger partial charge in [0.1, 0.15) is 0 Å². The predicted molar refractivity (Wildman–Crippen MR) is 73.2 cm³/mol. The molecule has 1 aromatic heterocycles. The first-order valence-corrected chi connectivity index (χ1v) is 7.48. The van der Waals surface area contributed by atoms with Gasteiger partial charge in [0.25, 0.3) is 0 Å². The third-order valence-corrected chi connectivity index (χ3v) is 4.61. The average molecular weight is 267 g/mol. The highest BCUT2D eigenvalue weighted by Crippen LogP contribution is 2.22. The van der Waals surface area contributed by atoms with Crippen LogP contribution < -0.4 is 11.1 Å². The van der Waals surface area contributed by atoms with Crippen molar-refractivity contribution in [3.05, 3.63) is 16.1 Å². The molecule has 2 rings (SSSR count). The normalized spacial score (nSPS) is 24.6. The second-order valence-corrected chi connectivity index (χ2v) is 5.93. The van der Waals surface area contributed by atoms with Crippen LogP contribution in [0.1, 0.15) is 42.7 Å². The smallest absolute Gasteiger partial charge is 0.224 e. The van der Waals surface area contributed by atoms with Gasteiger partial charge in [-0.15, -0.1) is 11.3 Å². The van der Waals surface area contributed by atoms with E-state index in [9.17, 15) is 4.79 Å². The van der Waals surface area contributed by atoms with E-state index in [0.717, 1.165) is 36.3 Å². The van der Waals surface area contributed by atoms with Crippen LogP contribution in [0, 0.1) is 12.8 Å². The average Bonchev–Trinajstić information content (AvgIpc) is 2.63. The minimum atomic E-state index is -0.0132. The van der Waals surface area contributed by atoms with Gasteiger partial charge in [-0.05, 0) is 19.8 Å². The molecule has 0 bridgehead atoms. The van der Waals surface area contributed by atoms with Gasteiger partial charge in [-0.1, -0.05) is 19.3 Å². The molecule has 0 spiro atoms. The third-order valence-electron chi connectivity index (χ3n) is 3.67. The van der Waals surface area contributed by atoms with Gasteiger partial charge in [0.15, 0.2) is 0 Å². The molecule has 1 heterocycles. The molecule has 18 heavy (non-hydrogen) atoms. The molecular weight excluding hydrogens is 246 g/mol. The molecule has 0 radical (unpaired) electrons. The molecule has 1 aliphatic rings. The molecule has 1 amide bonds. The molecule has 1 fully saturated rings. The quantitative estimate of drug-likeness (QED) is 0.823. The monoisotopic (exact) mass is 267 g/mol. The minimum absolute atomic E-state index is 0.0132. The van der Waals surface area contributed by atoms with Gasteiger partial charge in [0.2, 0.25) is 5.91 Å². The Morgan fingerprint density at radius 1 is 1.50 bits per heavy atom. The Morgan fingerprint density at radius 3 is 3.00 bits per heavy atom. The molecule has 1 aromatic rings. The molecule has 1 aliphatic carbocycles. The highest BCUT2D eigenvalue weighted by Gasteiger charge is 2.26. The lowest BCUT2D eigenvalue weighted by molar-refractivity contribution is -0.125. The van der Waals surface area contributed by atoms with Crippen LogP contribution in [0.4, 0.5) is 0 Å². The Bertz CT molecular complexity index is 405. The Labute approximate surface area is 112 Å². The van der Waals surface area contributed by atoms with E-state index in [1.165, 1.54) is 6.42 Å². The number of rotatable bonds is 3. The van der Waals surface area contributed by atoms with E-state index in [2.05, 4.69) is 10.3 Å². The zero-order chi connectivity index (χ0) is 13.0. The highest BCUT2D eigenvalue weighted by molar-refractivity contribution is 7.09. The first kappa shape index (κ1) is 13.5. The molecule has 2 atom stereocenters. The number of thiazole rings is 1. The van der Waals surface area contributed by atoms with E-state index < -0.39 is 0 Å². The number of hydrogen-bond acceptors (Lipinski definition) is 4. The van der Waals surface area contributed by atoms with Gasteiger partial charge >= 0.3 is 0 Å². The van der Waals surface area contributed by atoms with Crippen molar-refractivity contribution in [3.8, 4) is 0 Å². The fraction of sp³-hybridized carbons (Fsp3) is 0.692. The summed E-state index contributed by atoms with van der Waals surface area (Å²) in [5.41, 5.74) is 8.91. The van der Waals surface area contributed by atoms with E-state index in [1.807, 2.05) is 12.4 Å². The molecular formula is C13H21N3OS. The zero-order valence-electron chi connectivity index (χ0n) is 10.8. The van der Waals surface area contributed by atoms with Gasteiger partial charge < -0.3 is 11.1 Å². The Hall–Kier alpha value is -0.940. The topological polar surface area (TPSA) is 68.0 Å². The zero-order valence-corrected chi connectivity index (χ0v) is 11.6. The maximum atomic E-state index is 12.2. The molecule has 0 saturated heterocycles. The van der Waals surface area contributed by atoms with Crippen LogP contribution in [0.15, 0.2) is 5.51 Å². The molecule has 0 aliphatic heterocycles. The first-order chi connectivity index (χ1) is 8.68. The van der Waals surface area contributed by atoms with Gasteiger partial charge in [-0.25, -0.2) is 4.98 Å². The summed E-state index contributed by atoms with van der Waals surface area (Å²) in [4.78, 5) is 17.5. The fourth-order valence-corrected chi connectivity index (χ4v) is 3.17. The molecule has 5 heteroatoms. The lowest BCUT2D eigenvalue weighted by Gasteiger charge is -2.20. The number of aryl methyl sites for hydroxylation is 1. The molecule has 2 unspecified atom stereocenters. The summed E-state index contributed by atoms with van der Waals surface area (Å²) in [6, 6.07) is 0.0232. The second-order valence-electron chi connectivity index (χ2n) is 4.99. The van der Waals surface area contributed by atoms with Crippen molar-refractivity contribution in [2.45, 2.75) is 51.6 Å². The number of amides is 1. The van der Waals surface area contributed by atoms with Crippen LogP contribution in [0.3, 0.4) is 0 Å². The largest absolute Gasteiger partial charge is 0.351 e. The van der Waals surface area contributed by atoms with Gasteiger partial charge in [0, 0.05) is 10.9 Å². The van der Waals surface area contributed by atoms with Crippen molar-refractivity contribution in [3.63, 3.8) is 0 Å². The summed E-state index contributed by atoms with van der Waals surface area (Å²) >= 11 is 1.59. The van der Waals surface area contributed by atoms with E-state index in [1.54, 1.807) is 11.3 Å². The second kappa shape index (κ2) is 6.29. The van der Waals surface area contributed by atoms with Crippen LogP contribution in [0.25, 0.3) is 0 Å². The standard InChI is InChI=1S/C13H21N3OS/c1-9-12(18-8-16-9)7-15-13(17)10-5-3-2-4-6-11(10)14/h8,10-11H,2-7,14H2,1H3,(H,15,17). The molecule has 100 valence electrons. The van der Waals surface area contributed by atoms with Crippen molar-refractivity contribution >= 4 is 17.2 Å². The maximum Gasteiger partial charge on any atom is 0.224 e. The lowest BCUT2D eigenvalue weighted by atomic mass is 9.94. The van der Waals surface area contributed by atoms with Crippen molar-refractivity contribution in [2.24, 2.45) is 11.7 Å². The third kappa shape index (κ3) is 3.29. The summed E-state index contributed by atoms with van der Waals surface area (Å²) in [5.74, 6) is 0.0953. The van der Waals surface area contributed by atoms with Gasteiger partial charge in [-0.2, -0.15) is 0 Å². The van der Waals surface area contributed by atoms with Crippen molar-refractivity contribution < 1.29 is 4.79 Å². The van der Waals surface area contributed by atoms with E-state index in [0.29, 0.717) is 6.54 Å². The maximum absolute atomic E-state index is 12.2. The molecule has 4 nitrogen and oxygen atoms in total. The number of carbonyl (C=O) groups is 1. The van der Waals surface area contributed by atoms with Crippen LogP contribution in [-0.4, -0.2) is 16.9 Å². The van der Waals surface area contributed by atoms with E-state index in [-0.39, 0.29) is 17.9 Å². The van der Waals surface area contributed by atoms with Gasteiger partial charge in [0.05, 0.1) is 23.7 Å². The number of aromatic nitrogens is 1. The summed E-state index contributed by atoms with van der Waals surface area (Å²) in [5, 5.41) is 3.01. The molecule has 3 N–H and O–H groups in total. The van der Waals surface area contributed by atoms with E-state index in [4.69, 9.17) is 5.73 Å². The lowest BCUT2D eigenvalue weighted by Crippen LogP contribution is -2.41. The van der Waals surface area contributed by atoms with Crippen molar-refractivity contribution in [2.75, 3.05) is 0 Å². The summed E-state index contributed by atoms with van der Waals surface area (Å²) < 4.78 is 0. The Morgan fingerprint density at radius 2 is 2.28 bits per heavy atom. The fourth-order valence-electron chi connectivity index (χ4n) is 2.46. The number of nitrogens with one attached hydrogen (secondary N) is 1. The van der Waals surface area contributed by atoms with Gasteiger partial charge in [-0.3, -0.25) is 4.79 Å². The number of nitrogens with two attached hydrogens (primary N) is 1. The number of carbonyl (C=O) groups excluding carboxylic acids is 1. The number of nitrogens with zero attached hydrogens (tertiary/aromatic N) is 1. The van der Waals surface area contributed by atoms with Crippen LogP contribution >= 0.6 is 11.3 Å². The van der Waals surface area contributed by atoms with Crippen LogP contribution in [0.2, 0.25) is 0 Å². The minimum Gasteiger partial charge on any atom is -0.351 e. The van der Waals surface area contributed by atoms with E-state index >= 15 is 0 Å². The Kier molecular flexibility index (Phi) is 4.72. The SMILES string of the molecule is Cc1ncsc1CNC(=O)C1CCCCCC1N.